The van der Waals surface area contributed by atoms with Gasteiger partial charge in [0.25, 0.3) is 5.56 Å². The van der Waals surface area contributed by atoms with Gasteiger partial charge in [0, 0.05) is 19.7 Å². The first-order valence-electron chi connectivity index (χ1n) is 7.79. The largest absolute Gasteiger partial charge is 0.396 e. The Hall–Kier alpha value is -1.07. The molecule has 3 rings (SSSR count). The van der Waals surface area contributed by atoms with Crippen LogP contribution in [-0.2, 0) is 6.54 Å². The van der Waals surface area contributed by atoms with Crippen molar-refractivity contribution in [3.63, 3.8) is 0 Å². The smallest absolute Gasteiger partial charge is 0.291 e. The van der Waals surface area contributed by atoms with Crippen molar-refractivity contribution in [2.75, 3.05) is 18.5 Å². The van der Waals surface area contributed by atoms with E-state index >= 15 is 0 Å². The van der Waals surface area contributed by atoms with Gasteiger partial charge in [-0.05, 0) is 43.4 Å². The van der Waals surface area contributed by atoms with Crippen LogP contribution in [-0.4, -0.2) is 28.0 Å². The number of nitrogens with zero attached hydrogens (tertiary/aromatic N) is 2. The summed E-state index contributed by atoms with van der Waals surface area (Å²) in [6, 6.07) is 0. The van der Waals surface area contributed by atoms with Gasteiger partial charge in [0.2, 0.25) is 0 Å². The molecular formula is C15H22ClN3O2. The van der Waals surface area contributed by atoms with Crippen molar-refractivity contribution in [3.05, 3.63) is 21.6 Å². The highest BCUT2D eigenvalue weighted by molar-refractivity contribution is 6.32. The number of hydrogen-bond donors (Lipinski definition) is 2. The molecule has 2 aliphatic rings. The number of rotatable bonds is 6. The molecule has 21 heavy (non-hydrogen) atoms. The van der Waals surface area contributed by atoms with E-state index in [0.717, 1.165) is 19.3 Å². The molecule has 2 aliphatic carbocycles. The molecular weight excluding hydrogens is 290 g/mol. The van der Waals surface area contributed by atoms with Crippen LogP contribution in [0.25, 0.3) is 0 Å². The van der Waals surface area contributed by atoms with Crippen molar-refractivity contribution in [2.45, 2.75) is 38.6 Å². The second-order valence-electron chi connectivity index (χ2n) is 6.31. The maximum absolute atomic E-state index is 12.4. The predicted molar refractivity (Wildman–Crippen MR) is 82.6 cm³/mol. The zero-order valence-corrected chi connectivity index (χ0v) is 12.9. The molecule has 2 fully saturated rings. The average Bonchev–Trinajstić information content (AvgIpc) is 3.18. The fourth-order valence-electron chi connectivity index (χ4n) is 3.16. The fourth-order valence-corrected chi connectivity index (χ4v) is 3.35. The first-order chi connectivity index (χ1) is 10.2. The van der Waals surface area contributed by atoms with Gasteiger partial charge in [-0.1, -0.05) is 18.0 Å². The standard InChI is InChI=1S/C15H22ClN3O2/c16-13-7-18-19(8-10-4-5-10)15(21)14(13)17-6-11-2-1-3-12(11)9-20/h7,10-12,17,20H,1-6,8-9H2. The van der Waals surface area contributed by atoms with E-state index in [1.165, 1.54) is 17.5 Å². The molecule has 1 aromatic rings. The van der Waals surface area contributed by atoms with E-state index in [4.69, 9.17) is 11.6 Å². The summed E-state index contributed by atoms with van der Waals surface area (Å²) < 4.78 is 1.52. The van der Waals surface area contributed by atoms with Crippen LogP contribution in [0.3, 0.4) is 0 Å². The molecule has 0 bridgehead atoms. The zero-order chi connectivity index (χ0) is 14.8. The number of nitrogens with one attached hydrogen (secondary N) is 1. The number of aromatic nitrogens is 2. The van der Waals surface area contributed by atoms with Crippen molar-refractivity contribution >= 4 is 17.3 Å². The molecule has 0 radical (unpaired) electrons. The molecule has 0 spiro atoms. The molecule has 0 amide bonds. The maximum atomic E-state index is 12.4. The molecule has 2 saturated carbocycles. The van der Waals surface area contributed by atoms with Crippen molar-refractivity contribution in [2.24, 2.45) is 17.8 Å². The Labute approximate surface area is 129 Å². The highest BCUT2D eigenvalue weighted by Gasteiger charge is 2.27. The monoisotopic (exact) mass is 311 g/mol. The molecule has 0 aromatic carbocycles. The second-order valence-corrected chi connectivity index (χ2v) is 6.72. The summed E-state index contributed by atoms with van der Waals surface area (Å²) in [5.74, 6) is 1.35. The number of aliphatic hydroxyl groups excluding tert-OH is 1. The van der Waals surface area contributed by atoms with Gasteiger partial charge in [-0.3, -0.25) is 4.79 Å². The van der Waals surface area contributed by atoms with E-state index in [9.17, 15) is 9.90 Å². The molecule has 0 aliphatic heterocycles. The van der Waals surface area contributed by atoms with Gasteiger partial charge < -0.3 is 10.4 Å². The molecule has 5 nitrogen and oxygen atoms in total. The maximum Gasteiger partial charge on any atom is 0.291 e. The number of halogens is 1. The minimum absolute atomic E-state index is 0.132. The Morgan fingerprint density at radius 3 is 2.81 bits per heavy atom. The van der Waals surface area contributed by atoms with Crippen LogP contribution in [0.2, 0.25) is 5.02 Å². The molecule has 1 heterocycles. The topological polar surface area (TPSA) is 67.2 Å². The third-order valence-electron chi connectivity index (χ3n) is 4.72. The Bertz CT molecular complexity index is 556. The van der Waals surface area contributed by atoms with Crippen molar-refractivity contribution in [1.29, 1.82) is 0 Å². The van der Waals surface area contributed by atoms with Crippen LogP contribution >= 0.6 is 11.6 Å². The van der Waals surface area contributed by atoms with Gasteiger partial charge in [0.15, 0.2) is 0 Å². The van der Waals surface area contributed by atoms with Crippen LogP contribution in [0.5, 0.6) is 0 Å². The summed E-state index contributed by atoms with van der Waals surface area (Å²) in [6.07, 6.45) is 7.22. The van der Waals surface area contributed by atoms with E-state index < -0.39 is 0 Å². The summed E-state index contributed by atoms with van der Waals surface area (Å²) in [6.45, 7) is 1.60. The highest BCUT2D eigenvalue weighted by atomic mass is 35.5. The Kier molecular flexibility index (Phi) is 4.50. The number of aliphatic hydroxyl groups is 1. The molecule has 6 heteroatoms. The Morgan fingerprint density at radius 2 is 2.10 bits per heavy atom. The third-order valence-corrected chi connectivity index (χ3v) is 5.00. The van der Waals surface area contributed by atoms with Crippen LogP contribution in [0.4, 0.5) is 5.69 Å². The summed E-state index contributed by atoms with van der Waals surface area (Å²) in [5, 5.41) is 17.1. The van der Waals surface area contributed by atoms with Crippen molar-refractivity contribution in [1.82, 2.24) is 9.78 Å². The number of hydrogen-bond acceptors (Lipinski definition) is 4. The van der Waals surface area contributed by atoms with Crippen molar-refractivity contribution in [3.8, 4) is 0 Å². The Balaban J connectivity index is 1.70. The SMILES string of the molecule is O=c1c(NCC2CCCC2CO)c(Cl)cnn1CC1CC1. The van der Waals surface area contributed by atoms with E-state index in [1.54, 1.807) is 6.20 Å². The van der Waals surface area contributed by atoms with Gasteiger partial charge in [0.05, 0.1) is 11.2 Å². The molecule has 2 N–H and O–H groups in total. The lowest BCUT2D eigenvalue weighted by atomic mass is 9.97. The zero-order valence-electron chi connectivity index (χ0n) is 12.1. The van der Waals surface area contributed by atoms with Gasteiger partial charge in [0.1, 0.15) is 5.69 Å². The van der Waals surface area contributed by atoms with E-state index in [-0.39, 0.29) is 12.2 Å². The average molecular weight is 312 g/mol. The quantitative estimate of drug-likeness (QED) is 0.844. The van der Waals surface area contributed by atoms with Gasteiger partial charge in [-0.15, -0.1) is 0 Å². The molecule has 0 saturated heterocycles. The lowest BCUT2D eigenvalue weighted by molar-refractivity contribution is 0.199. The minimum atomic E-state index is -0.132. The van der Waals surface area contributed by atoms with Crippen LogP contribution in [0.1, 0.15) is 32.1 Å². The summed E-state index contributed by atoms with van der Waals surface area (Å²) in [4.78, 5) is 12.4. The molecule has 2 atom stereocenters. The van der Waals surface area contributed by atoms with E-state index in [2.05, 4.69) is 10.4 Å². The first kappa shape index (κ1) is 14.9. The second kappa shape index (κ2) is 6.36. The Morgan fingerprint density at radius 1 is 1.33 bits per heavy atom. The van der Waals surface area contributed by atoms with E-state index in [0.29, 0.717) is 41.6 Å². The van der Waals surface area contributed by atoms with Gasteiger partial charge in [-0.25, -0.2) is 4.68 Å². The first-order valence-corrected chi connectivity index (χ1v) is 8.17. The fraction of sp³-hybridized carbons (Fsp3) is 0.733. The normalized spacial score (nSPS) is 25.2. The lowest BCUT2D eigenvalue weighted by Gasteiger charge is -2.19. The molecule has 116 valence electrons. The summed E-state index contributed by atoms with van der Waals surface area (Å²) in [7, 11) is 0. The van der Waals surface area contributed by atoms with Crippen LogP contribution in [0, 0.1) is 17.8 Å². The minimum Gasteiger partial charge on any atom is -0.396 e. The van der Waals surface area contributed by atoms with Gasteiger partial charge >= 0.3 is 0 Å². The molecule has 2 unspecified atom stereocenters. The summed E-state index contributed by atoms with van der Waals surface area (Å²) in [5.41, 5.74) is 0.323. The lowest BCUT2D eigenvalue weighted by Crippen LogP contribution is -2.29. The van der Waals surface area contributed by atoms with Crippen LogP contribution in [0.15, 0.2) is 11.0 Å². The van der Waals surface area contributed by atoms with E-state index in [1.807, 2.05) is 0 Å². The number of anilines is 1. The van der Waals surface area contributed by atoms with Crippen molar-refractivity contribution < 1.29 is 5.11 Å². The molecule has 1 aromatic heterocycles. The predicted octanol–water partition coefficient (Wildman–Crippen LogP) is 2.13. The summed E-state index contributed by atoms with van der Waals surface area (Å²) >= 11 is 6.12. The van der Waals surface area contributed by atoms with Crippen LogP contribution < -0.4 is 10.9 Å². The van der Waals surface area contributed by atoms with Gasteiger partial charge in [-0.2, -0.15) is 5.10 Å². The third kappa shape index (κ3) is 3.40. The highest BCUT2D eigenvalue weighted by Crippen LogP contribution is 2.32.